The van der Waals surface area contributed by atoms with Crippen LogP contribution in [0.5, 0.6) is 0 Å². The smallest absolute Gasteiger partial charge is 0.0572 e. The van der Waals surface area contributed by atoms with Crippen LogP contribution in [0.2, 0.25) is 0 Å². The Morgan fingerprint density at radius 1 is 1.33 bits per heavy atom. The van der Waals surface area contributed by atoms with E-state index >= 15 is 0 Å². The molecule has 1 N–H and O–H groups in total. The number of benzene rings is 1. The van der Waals surface area contributed by atoms with Gasteiger partial charge in [-0.2, -0.15) is 5.48 Å². The Bertz CT molecular complexity index is 305. The molecule has 0 radical (unpaired) electrons. The molecule has 1 saturated carbocycles. The zero-order chi connectivity index (χ0) is 10.5. The third kappa shape index (κ3) is 2.80. The summed E-state index contributed by atoms with van der Waals surface area (Å²) in [6.07, 6.45) is 5.51. The summed E-state index contributed by atoms with van der Waals surface area (Å²) >= 11 is 0. The molecule has 1 aliphatic rings. The van der Waals surface area contributed by atoms with Crippen LogP contribution in [0.25, 0.3) is 0 Å². The van der Waals surface area contributed by atoms with E-state index in [1.165, 1.54) is 36.8 Å². The Kier molecular flexibility index (Phi) is 3.75. The third-order valence-electron chi connectivity index (χ3n) is 3.20. The summed E-state index contributed by atoms with van der Waals surface area (Å²) < 4.78 is 0. The molecule has 0 saturated heterocycles. The van der Waals surface area contributed by atoms with Gasteiger partial charge in [-0.3, -0.25) is 0 Å². The van der Waals surface area contributed by atoms with E-state index in [4.69, 9.17) is 4.84 Å². The van der Waals surface area contributed by atoms with Gasteiger partial charge in [0, 0.05) is 6.54 Å². The van der Waals surface area contributed by atoms with Gasteiger partial charge in [-0.05, 0) is 29.9 Å². The Labute approximate surface area is 91.6 Å². The maximum atomic E-state index is 4.86. The molecule has 82 valence electrons. The zero-order valence-corrected chi connectivity index (χ0v) is 9.33. The van der Waals surface area contributed by atoms with E-state index in [0.717, 1.165) is 12.5 Å². The molecule has 0 heterocycles. The van der Waals surface area contributed by atoms with Crippen molar-refractivity contribution >= 4 is 0 Å². The minimum atomic E-state index is 0.789. The summed E-state index contributed by atoms with van der Waals surface area (Å²) in [4.78, 5) is 4.86. The lowest BCUT2D eigenvalue weighted by molar-refractivity contribution is 0.0867. The minimum absolute atomic E-state index is 0.789. The SMILES string of the molecule is CONCc1cccc(C2CCCC2)c1. The van der Waals surface area contributed by atoms with Gasteiger partial charge in [-0.25, -0.2) is 0 Å². The number of nitrogens with one attached hydrogen (secondary N) is 1. The van der Waals surface area contributed by atoms with Gasteiger partial charge in [-0.1, -0.05) is 37.1 Å². The lowest BCUT2D eigenvalue weighted by atomic mass is 9.96. The summed E-state index contributed by atoms with van der Waals surface area (Å²) in [5.74, 6) is 0.799. The van der Waals surface area contributed by atoms with Crippen molar-refractivity contribution in [3.8, 4) is 0 Å². The normalized spacial score (nSPS) is 17.1. The highest BCUT2D eigenvalue weighted by Crippen LogP contribution is 2.34. The number of hydrogen-bond donors (Lipinski definition) is 1. The quantitative estimate of drug-likeness (QED) is 0.763. The fraction of sp³-hybridized carbons (Fsp3) is 0.538. The van der Waals surface area contributed by atoms with Crippen molar-refractivity contribution in [1.29, 1.82) is 0 Å². The first kappa shape index (κ1) is 10.7. The maximum absolute atomic E-state index is 4.86. The van der Waals surface area contributed by atoms with Crippen LogP contribution in [-0.4, -0.2) is 7.11 Å². The average molecular weight is 205 g/mol. The van der Waals surface area contributed by atoms with Crippen LogP contribution in [0, 0.1) is 0 Å². The van der Waals surface area contributed by atoms with Crippen molar-refractivity contribution in [2.45, 2.75) is 38.1 Å². The van der Waals surface area contributed by atoms with Crippen LogP contribution in [-0.2, 0) is 11.4 Å². The Morgan fingerprint density at radius 3 is 2.87 bits per heavy atom. The lowest BCUT2D eigenvalue weighted by Crippen LogP contribution is -2.10. The predicted octanol–water partition coefficient (Wildman–Crippen LogP) is 3.00. The van der Waals surface area contributed by atoms with Crippen LogP contribution >= 0.6 is 0 Å². The highest BCUT2D eigenvalue weighted by molar-refractivity contribution is 5.26. The summed E-state index contributed by atoms with van der Waals surface area (Å²) in [6.45, 7) is 0.789. The molecule has 2 heteroatoms. The molecule has 1 aromatic rings. The second kappa shape index (κ2) is 5.29. The van der Waals surface area contributed by atoms with E-state index in [9.17, 15) is 0 Å². The van der Waals surface area contributed by atoms with Gasteiger partial charge >= 0.3 is 0 Å². The first-order valence-corrected chi connectivity index (χ1v) is 5.75. The number of rotatable bonds is 4. The highest BCUT2D eigenvalue weighted by atomic mass is 16.6. The van der Waals surface area contributed by atoms with Crippen molar-refractivity contribution in [1.82, 2.24) is 5.48 Å². The van der Waals surface area contributed by atoms with Crippen LogP contribution in [0.15, 0.2) is 24.3 Å². The average Bonchev–Trinajstić information content (AvgIpc) is 2.80. The molecule has 1 aromatic carbocycles. The second-order valence-electron chi connectivity index (χ2n) is 4.25. The van der Waals surface area contributed by atoms with Gasteiger partial charge in [0.2, 0.25) is 0 Å². The van der Waals surface area contributed by atoms with Crippen molar-refractivity contribution in [3.05, 3.63) is 35.4 Å². The van der Waals surface area contributed by atoms with Crippen LogP contribution < -0.4 is 5.48 Å². The Balaban J connectivity index is 2.04. The van der Waals surface area contributed by atoms with Gasteiger partial charge < -0.3 is 4.84 Å². The Hall–Kier alpha value is -0.860. The fourth-order valence-corrected chi connectivity index (χ4v) is 2.37. The Morgan fingerprint density at radius 2 is 2.13 bits per heavy atom. The van der Waals surface area contributed by atoms with Crippen LogP contribution in [0.1, 0.15) is 42.7 Å². The van der Waals surface area contributed by atoms with Gasteiger partial charge in [0.05, 0.1) is 7.11 Å². The molecule has 0 spiro atoms. The fourth-order valence-electron chi connectivity index (χ4n) is 2.37. The van der Waals surface area contributed by atoms with Crippen molar-refractivity contribution in [2.24, 2.45) is 0 Å². The molecule has 0 amide bonds. The van der Waals surface area contributed by atoms with Crippen LogP contribution in [0.3, 0.4) is 0 Å². The third-order valence-corrected chi connectivity index (χ3v) is 3.20. The highest BCUT2D eigenvalue weighted by Gasteiger charge is 2.16. The molecule has 2 rings (SSSR count). The number of hydrogen-bond acceptors (Lipinski definition) is 2. The van der Waals surface area contributed by atoms with Gasteiger partial charge in [-0.15, -0.1) is 0 Å². The summed E-state index contributed by atoms with van der Waals surface area (Å²) in [5.41, 5.74) is 5.69. The molecule has 1 aliphatic carbocycles. The maximum Gasteiger partial charge on any atom is 0.0572 e. The molecule has 15 heavy (non-hydrogen) atoms. The molecule has 0 aliphatic heterocycles. The molecule has 0 atom stereocenters. The molecule has 2 nitrogen and oxygen atoms in total. The molecular weight excluding hydrogens is 186 g/mol. The van der Waals surface area contributed by atoms with E-state index in [1.54, 1.807) is 7.11 Å². The monoisotopic (exact) mass is 205 g/mol. The largest absolute Gasteiger partial charge is 0.305 e. The van der Waals surface area contributed by atoms with Gasteiger partial charge in [0.15, 0.2) is 0 Å². The number of hydroxylamine groups is 1. The predicted molar refractivity (Wildman–Crippen MR) is 61.5 cm³/mol. The summed E-state index contributed by atoms with van der Waals surface area (Å²) in [6, 6.07) is 8.86. The van der Waals surface area contributed by atoms with Crippen molar-refractivity contribution in [3.63, 3.8) is 0 Å². The lowest BCUT2D eigenvalue weighted by Gasteiger charge is -2.11. The standard InChI is InChI=1S/C13H19NO/c1-15-14-10-11-5-4-8-13(9-11)12-6-2-3-7-12/h4-5,8-9,12,14H,2-3,6-7,10H2,1H3. The first-order chi connectivity index (χ1) is 7.40. The molecule has 0 aromatic heterocycles. The zero-order valence-electron chi connectivity index (χ0n) is 9.33. The topological polar surface area (TPSA) is 21.3 Å². The van der Waals surface area contributed by atoms with E-state index in [-0.39, 0.29) is 0 Å². The van der Waals surface area contributed by atoms with E-state index in [0.29, 0.717) is 0 Å². The van der Waals surface area contributed by atoms with Gasteiger partial charge in [0.1, 0.15) is 0 Å². The van der Waals surface area contributed by atoms with Crippen LogP contribution in [0.4, 0.5) is 0 Å². The molecule has 0 unspecified atom stereocenters. The molecular formula is C13H19NO. The molecule has 0 bridgehead atoms. The van der Waals surface area contributed by atoms with E-state index < -0.39 is 0 Å². The minimum Gasteiger partial charge on any atom is -0.305 e. The first-order valence-electron chi connectivity index (χ1n) is 5.75. The van der Waals surface area contributed by atoms with Crippen molar-refractivity contribution < 1.29 is 4.84 Å². The summed E-state index contributed by atoms with van der Waals surface area (Å²) in [7, 11) is 1.65. The van der Waals surface area contributed by atoms with E-state index in [1.807, 2.05) is 0 Å². The van der Waals surface area contributed by atoms with Gasteiger partial charge in [0.25, 0.3) is 0 Å². The van der Waals surface area contributed by atoms with Crippen molar-refractivity contribution in [2.75, 3.05) is 7.11 Å². The molecule has 1 fully saturated rings. The van der Waals surface area contributed by atoms with E-state index in [2.05, 4.69) is 29.7 Å². The second-order valence-corrected chi connectivity index (χ2v) is 4.25. The summed E-state index contributed by atoms with van der Waals surface area (Å²) in [5, 5.41) is 0.